The number of allylic oxidation sites excluding steroid dienone is 1. The summed E-state index contributed by atoms with van der Waals surface area (Å²) in [5, 5.41) is 0. The number of carbonyl (C=O) groups is 1. The molecule has 1 aliphatic heterocycles. The number of rotatable bonds is 1. The van der Waals surface area contributed by atoms with Crippen molar-refractivity contribution in [2.45, 2.75) is 39.7 Å². The Morgan fingerprint density at radius 1 is 1.23 bits per heavy atom. The molecular formula is C17H21F2NO2. The van der Waals surface area contributed by atoms with Gasteiger partial charge in [-0.2, -0.15) is 0 Å². The highest BCUT2D eigenvalue weighted by molar-refractivity contribution is 5.83. The zero-order valence-electron chi connectivity index (χ0n) is 13.3. The highest BCUT2D eigenvalue weighted by Crippen LogP contribution is 2.30. The van der Waals surface area contributed by atoms with Gasteiger partial charge in [0.2, 0.25) is 0 Å². The fraction of sp³-hybridized carbons (Fsp3) is 0.471. The Morgan fingerprint density at radius 3 is 2.36 bits per heavy atom. The number of hydrogen-bond donors (Lipinski definition) is 0. The highest BCUT2D eigenvalue weighted by atomic mass is 19.1. The molecule has 1 aromatic rings. The minimum Gasteiger partial charge on any atom is -0.443 e. The first-order chi connectivity index (χ1) is 10.2. The molecule has 0 fully saturated rings. The van der Waals surface area contributed by atoms with Gasteiger partial charge < -0.3 is 4.74 Å². The summed E-state index contributed by atoms with van der Waals surface area (Å²) in [7, 11) is 0. The van der Waals surface area contributed by atoms with E-state index in [-0.39, 0.29) is 5.92 Å². The fourth-order valence-corrected chi connectivity index (χ4v) is 2.37. The Hall–Kier alpha value is -1.91. The van der Waals surface area contributed by atoms with Crippen LogP contribution in [0.2, 0.25) is 0 Å². The van der Waals surface area contributed by atoms with Crippen molar-refractivity contribution in [3.8, 4) is 0 Å². The smallest absolute Gasteiger partial charge is 0.414 e. The molecule has 1 amide bonds. The van der Waals surface area contributed by atoms with E-state index >= 15 is 0 Å². The minimum absolute atomic E-state index is 0.259. The van der Waals surface area contributed by atoms with Crippen LogP contribution in [-0.4, -0.2) is 23.1 Å². The second-order valence-corrected chi connectivity index (χ2v) is 6.68. The summed E-state index contributed by atoms with van der Waals surface area (Å²) in [4.78, 5) is 13.8. The van der Waals surface area contributed by atoms with E-state index in [1.807, 2.05) is 13.0 Å². The van der Waals surface area contributed by atoms with Gasteiger partial charge in [0.25, 0.3) is 0 Å². The van der Waals surface area contributed by atoms with E-state index in [0.717, 1.165) is 12.5 Å². The number of benzene rings is 1. The molecule has 5 heteroatoms. The molecule has 1 aromatic carbocycles. The Labute approximate surface area is 129 Å². The van der Waals surface area contributed by atoms with Gasteiger partial charge in [0.15, 0.2) is 0 Å². The summed E-state index contributed by atoms with van der Waals surface area (Å²) in [5.41, 5.74) is 0.205. The first kappa shape index (κ1) is 16.5. The summed E-state index contributed by atoms with van der Waals surface area (Å²) >= 11 is 0. The molecule has 0 bridgehead atoms. The standard InChI is InChI=1S/C17H21F2NO2/c1-11-5-6-15(12-7-13(18)9-14(19)8-12)20(10-11)16(21)22-17(2,3)4/h6-9,11H,5,10H2,1-4H3. The second-order valence-electron chi connectivity index (χ2n) is 6.68. The average molecular weight is 309 g/mol. The van der Waals surface area contributed by atoms with E-state index in [1.165, 1.54) is 17.0 Å². The van der Waals surface area contributed by atoms with Crippen molar-refractivity contribution in [1.82, 2.24) is 4.90 Å². The van der Waals surface area contributed by atoms with Crippen molar-refractivity contribution < 1.29 is 18.3 Å². The van der Waals surface area contributed by atoms with Gasteiger partial charge >= 0.3 is 6.09 Å². The van der Waals surface area contributed by atoms with Crippen LogP contribution in [0, 0.1) is 17.6 Å². The van der Waals surface area contributed by atoms with E-state index in [0.29, 0.717) is 17.8 Å². The molecule has 3 nitrogen and oxygen atoms in total. The lowest BCUT2D eigenvalue weighted by Crippen LogP contribution is -2.39. The first-order valence-electron chi connectivity index (χ1n) is 7.33. The Balaban J connectivity index is 2.35. The van der Waals surface area contributed by atoms with Gasteiger partial charge in [0.05, 0.1) is 5.70 Å². The van der Waals surface area contributed by atoms with Crippen LogP contribution in [0.5, 0.6) is 0 Å². The molecule has 1 aliphatic rings. The lowest BCUT2D eigenvalue weighted by molar-refractivity contribution is 0.0327. The molecule has 0 saturated carbocycles. The van der Waals surface area contributed by atoms with Crippen molar-refractivity contribution >= 4 is 11.8 Å². The second kappa shape index (κ2) is 6.07. The largest absolute Gasteiger partial charge is 0.443 e. The zero-order valence-corrected chi connectivity index (χ0v) is 13.3. The fourth-order valence-electron chi connectivity index (χ4n) is 2.37. The van der Waals surface area contributed by atoms with Gasteiger partial charge in [-0.1, -0.05) is 13.0 Å². The molecular weight excluding hydrogens is 288 g/mol. The van der Waals surface area contributed by atoms with Crippen molar-refractivity contribution in [3.63, 3.8) is 0 Å². The topological polar surface area (TPSA) is 29.5 Å². The van der Waals surface area contributed by atoms with Crippen LogP contribution in [0.4, 0.5) is 13.6 Å². The van der Waals surface area contributed by atoms with Crippen molar-refractivity contribution in [3.05, 3.63) is 41.5 Å². The lowest BCUT2D eigenvalue weighted by Gasteiger charge is -2.33. The summed E-state index contributed by atoms with van der Waals surface area (Å²) in [6.07, 6.45) is 2.06. The normalized spacial score (nSPS) is 18.9. The monoisotopic (exact) mass is 309 g/mol. The molecule has 0 spiro atoms. The van der Waals surface area contributed by atoms with Gasteiger partial charge in [-0.15, -0.1) is 0 Å². The predicted octanol–water partition coefficient (Wildman–Crippen LogP) is 4.58. The lowest BCUT2D eigenvalue weighted by atomic mass is 9.98. The van der Waals surface area contributed by atoms with Crippen LogP contribution in [0.25, 0.3) is 5.70 Å². The quantitative estimate of drug-likeness (QED) is 0.760. The molecule has 1 heterocycles. The molecule has 0 aromatic heterocycles. The first-order valence-corrected chi connectivity index (χ1v) is 7.33. The molecule has 120 valence electrons. The number of hydrogen-bond acceptors (Lipinski definition) is 2. The summed E-state index contributed by atoms with van der Waals surface area (Å²) < 4.78 is 32.3. The third kappa shape index (κ3) is 4.06. The summed E-state index contributed by atoms with van der Waals surface area (Å²) in [6, 6.07) is 3.26. The van der Waals surface area contributed by atoms with Crippen LogP contribution in [0.1, 0.15) is 39.7 Å². The van der Waals surface area contributed by atoms with E-state index in [4.69, 9.17) is 4.74 Å². The molecule has 0 radical (unpaired) electrons. The molecule has 0 saturated heterocycles. The van der Waals surface area contributed by atoms with E-state index in [9.17, 15) is 13.6 Å². The highest BCUT2D eigenvalue weighted by Gasteiger charge is 2.29. The van der Waals surface area contributed by atoms with Crippen LogP contribution in [-0.2, 0) is 4.74 Å². The molecule has 2 rings (SSSR count). The summed E-state index contributed by atoms with van der Waals surface area (Å²) in [6.45, 7) is 7.81. The number of halogens is 2. The third-order valence-electron chi connectivity index (χ3n) is 3.27. The van der Waals surface area contributed by atoms with Crippen LogP contribution in [0.3, 0.4) is 0 Å². The van der Waals surface area contributed by atoms with Crippen LogP contribution in [0.15, 0.2) is 24.3 Å². The number of amides is 1. The van der Waals surface area contributed by atoms with Gasteiger partial charge in [-0.25, -0.2) is 13.6 Å². The van der Waals surface area contributed by atoms with Gasteiger partial charge in [-0.05, 0) is 45.2 Å². The number of carbonyl (C=O) groups excluding carboxylic acids is 1. The van der Waals surface area contributed by atoms with Gasteiger partial charge in [0, 0.05) is 18.2 Å². The number of ether oxygens (including phenoxy) is 1. The van der Waals surface area contributed by atoms with E-state index in [1.54, 1.807) is 20.8 Å². The van der Waals surface area contributed by atoms with Crippen LogP contribution >= 0.6 is 0 Å². The predicted molar refractivity (Wildman–Crippen MR) is 81.1 cm³/mol. The Morgan fingerprint density at radius 2 is 1.82 bits per heavy atom. The Kier molecular flexibility index (Phi) is 4.54. The van der Waals surface area contributed by atoms with Gasteiger partial charge in [0.1, 0.15) is 17.2 Å². The molecule has 0 N–H and O–H groups in total. The van der Waals surface area contributed by atoms with Gasteiger partial charge in [-0.3, -0.25) is 4.90 Å². The summed E-state index contributed by atoms with van der Waals surface area (Å²) in [5.74, 6) is -1.08. The molecule has 1 atom stereocenters. The van der Waals surface area contributed by atoms with E-state index in [2.05, 4.69) is 0 Å². The SMILES string of the molecule is CC1CC=C(c2cc(F)cc(F)c2)N(C(=O)OC(C)(C)C)C1. The maximum atomic E-state index is 13.5. The van der Waals surface area contributed by atoms with Crippen LogP contribution < -0.4 is 0 Å². The van der Waals surface area contributed by atoms with Crippen molar-refractivity contribution in [2.75, 3.05) is 6.54 Å². The maximum Gasteiger partial charge on any atom is 0.414 e. The third-order valence-corrected chi connectivity index (χ3v) is 3.27. The molecule has 1 unspecified atom stereocenters. The van der Waals surface area contributed by atoms with Crippen molar-refractivity contribution in [2.24, 2.45) is 5.92 Å². The average Bonchev–Trinajstić information content (AvgIpc) is 2.35. The molecule has 0 aliphatic carbocycles. The van der Waals surface area contributed by atoms with E-state index < -0.39 is 23.3 Å². The Bertz CT molecular complexity index is 585. The zero-order chi connectivity index (χ0) is 16.5. The van der Waals surface area contributed by atoms with Crippen molar-refractivity contribution in [1.29, 1.82) is 0 Å². The molecule has 22 heavy (non-hydrogen) atoms. The maximum absolute atomic E-state index is 13.5. The number of nitrogens with zero attached hydrogens (tertiary/aromatic N) is 1. The minimum atomic E-state index is -0.668.